The highest BCUT2D eigenvalue weighted by Gasteiger charge is 2.17. The van der Waals surface area contributed by atoms with Crippen LogP contribution in [0.5, 0.6) is 0 Å². The Labute approximate surface area is 152 Å². The van der Waals surface area contributed by atoms with Crippen molar-refractivity contribution in [2.45, 2.75) is 26.3 Å². The molecule has 2 aromatic rings. The maximum atomic E-state index is 12.7. The molecule has 1 aromatic heterocycles. The third-order valence-electron chi connectivity index (χ3n) is 3.67. The van der Waals surface area contributed by atoms with Gasteiger partial charge in [-0.25, -0.2) is 4.98 Å². The molecule has 0 fully saturated rings. The number of amides is 1. The van der Waals surface area contributed by atoms with Gasteiger partial charge in [-0.2, -0.15) is 0 Å². The monoisotopic (exact) mass is 363 g/mol. The van der Waals surface area contributed by atoms with Crippen molar-refractivity contribution in [2.75, 3.05) is 19.7 Å². The summed E-state index contributed by atoms with van der Waals surface area (Å²) in [5, 5.41) is 0.578. The summed E-state index contributed by atoms with van der Waals surface area (Å²) in [7, 11) is 0. The molecule has 0 saturated carbocycles. The summed E-state index contributed by atoms with van der Waals surface area (Å²) in [4.78, 5) is 30.0. The van der Waals surface area contributed by atoms with Crippen LogP contribution >= 0.6 is 11.6 Å². The lowest BCUT2D eigenvalue weighted by atomic mass is 10.2. The van der Waals surface area contributed by atoms with Crippen LogP contribution in [0.25, 0.3) is 0 Å². The predicted molar refractivity (Wildman–Crippen MR) is 95.4 cm³/mol. The van der Waals surface area contributed by atoms with Crippen LogP contribution in [0.4, 0.5) is 0 Å². The van der Waals surface area contributed by atoms with Crippen LogP contribution in [0.2, 0.25) is 5.02 Å². The Balaban J connectivity index is 1.97. The second-order valence-corrected chi connectivity index (χ2v) is 5.94. The zero-order chi connectivity index (χ0) is 18.1. The lowest BCUT2D eigenvalue weighted by Gasteiger charge is -2.22. The molecule has 2 rings (SSSR count). The SMILES string of the molecule is CCOC(=O)CCN(CCCn1ccnc1)C(=O)c1ccc(Cl)cc1. The standard InChI is InChI=1S/C18H22ClN3O3/c1-2-25-17(23)8-12-22(11-3-10-21-13-9-20-14-21)18(24)15-4-6-16(19)7-5-15/h4-7,9,13-14H,2-3,8,10-12H2,1H3. The van der Waals surface area contributed by atoms with E-state index in [9.17, 15) is 9.59 Å². The molecule has 6 nitrogen and oxygen atoms in total. The van der Waals surface area contributed by atoms with E-state index in [1.54, 1.807) is 48.6 Å². The van der Waals surface area contributed by atoms with E-state index in [1.807, 2.05) is 10.8 Å². The molecule has 0 saturated heterocycles. The molecule has 0 N–H and O–H groups in total. The number of rotatable bonds is 9. The Hall–Kier alpha value is -2.34. The van der Waals surface area contributed by atoms with Crippen molar-refractivity contribution < 1.29 is 14.3 Å². The first-order valence-electron chi connectivity index (χ1n) is 8.26. The van der Waals surface area contributed by atoms with Crippen LogP contribution in [0.1, 0.15) is 30.1 Å². The minimum atomic E-state index is -0.300. The molecular weight excluding hydrogens is 342 g/mol. The zero-order valence-electron chi connectivity index (χ0n) is 14.2. The van der Waals surface area contributed by atoms with Gasteiger partial charge in [-0.1, -0.05) is 11.6 Å². The smallest absolute Gasteiger partial charge is 0.307 e. The van der Waals surface area contributed by atoms with E-state index in [2.05, 4.69) is 4.98 Å². The minimum Gasteiger partial charge on any atom is -0.466 e. The Bertz CT molecular complexity index is 671. The number of hydrogen-bond acceptors (Lipinski definition) is 4. The molecule has 1 heterocycles. The largest absolute Gasteiger partial charge is 0.466 e. The van der Waals surface area contributed by atoms with Gasteiger partial charge in [-0.15, -0.1) is 0 Å². The Morgan fingerprint density at radius 1 is 1.24 bits per heavy atom. The van der Waals surface area contributed by atoms with Crippen LogP contribution < -0.4 is 0 Å². The van der Waals surface area contributed by atoms with E-state index in [0.717, 1.165) is 13.0 Å². The molecule has 0 atom stereocenters. The molecule has 0 bridgehead atoms. The second-order valence-electron chi connectivity index (χ2n) is 5.51. The van der Waals surface area contributed by atoms with Crippen LogP contribution in [0.15, 0.2) is 43.0 Å². The number of ether oxygens (including phenoxy) is 1. The highest BCUT2D eigenvalue weighted by atomic mass is 35.5. The first-order chi connectivity index (χ1) is 12.1. The number of esters is 1. The summed E-state index contributed by atoms with van der Waals surface area (Å²) in [6.07, 6.45) is 6.28. The Kier molecular flexibility index (Phi) is 7.47. The lowest BCUT2D eigenvalue weighted by Crippen LogP contribution is -2.34. The first-order valence-corrected chi connectivity index (χ1v) is 8.64. The zero-order valence-corrected chi connectivity index (χ0v) is 15.0. The van der Waals surface area contributed by atoms with Gasteiger partial charge in [-0.05, 0) is 37.6 Å². The van der Waals surface area contributed by atoms with Crippen LogP contribution in [-0.2, 0) is 16.1 Å². The van der Waals surface area contributed by atoms with Crippen molar-refractivity contribution in [3.63, 3.8) is 0 Å². The third kappa shape index (κ3) is 6.23. The normalized spacial score (nSPS) is 10.5. The number of nitrogens with zero attached hydrogens (tertiary/aromatic N) is 3. The Morgan fingerprint density at radius 2 is 2.00 bits per heavy atom. The number of benzene rings is 1. The van der Waals surface area contributed by atoms with Crippen LogP contribution in [0, 0.1) is 0 Å². The van der Waals surface area contributed by atoms with E-state index in [4.69, 9.17) is 16.3 Å². The maximum absolute atomic E-state index is 12.7. The fourth-order valence-electron chi connectivity index (χ4n) is 2.41. The molecule has 0 unspecified atom stereocenters. The average molecular weight is 364 g/mol. The van der Waals surface area contributed by atoms with E-state index in [-0.39, 0.29) is 18.3 Å². The fourth-order valence-corrected chi connectivity index (χ4v) is 2.54. The molecule has 1 aromatic carbocycles. The molecule has 0 aliphatic carbocycles. The second kappa shape index (κ2) is 9.84. The van der Waals surface area contributed by atoms with Crippen molar-refractivity contribution >= 4 is 23.5 Å². The predicted octanol–water partition coefficient (Wildman–Crippen LogP) is 3.02. The highest BCUT2D eigenvalue weighted by Crippen LogP contribution is 2.12. The fraction of sp³-hybridized carbons (Fsp3) is 0.389. The molecule has 1 amide bonds. The molecular formula is C18H22ClN3O3. The molecule has 0 aliphatic rings. The summed E-state index contributed by atoms with van der Waals surface area (Å²) in [6.45, 7) is 3.72. The van der Waals surface area contributed by atoms with Gasteiger partial charge in [0, 0.05) is 42.6 Å². The topological polar surface area (TPSA) is 64.4 Å². The molecule has 7 heteroatoms. The van der Waals surface area contributed by atoms with E-state index in [1.165, 1.54) is 0 Å². The molecule has 25 heavy (non-hydrogen) atoms. The Morgan fingerprint density at radius 3 is 2.64 bits per heavy atom. The number of hydrogen-bond donors (Lipinski definition) is 0. The summed E-state index contributed by atoms with van der Waals surface area (Å²) in [6, 6.07) is 6.75. The van der Waals surface area contributed by atoms with Gasteiger partial charge in [-0.3, -0.25) is 9.59 Å². The first kappa shape index (κ1) is 19.0. The summed E-state index contributed by atoms with van der Waals surface area (Å²) in [5.41, 5.74) is 0.552. The van der Waals surface area contributed by atoms with Gasteiger partial charge < -0.3 is 14.2 Å². The van der Waals surface area contributed by atoms with Crippen LogP contribution in [-0.4, -0.2) is 46.0 Å². The van der Waals surface area contributed by atoms with Crippen molar-refractivity contribution in [1.29, 1.82) is 0 Å². The van der Waals surface area contributed by atoms with Gasteiger partial charge in [0.25, 0.3) is 5.91 Å². The van der Waals surface area contributed by atoms with Gasteiger partial charge in [0.05, 0.1) is 19.4 Å². The van der Waals surface area contributed by atoms with Crippen molar-refractivity contribution in [3.05, 3.63) is 53.6 Å². The lowest BCUT2D eigenvalue weighted by molar-refractivity contribution is -0.143. The van der Waals surface area contributed by atoms with Gasteiger partial charge in [0.1, 0.15) is 0 Å². The minimum absolute atomic E-state index is 0.119. The van der Waals surface area contributed by atoms with Crippen LogP contribution in [0.3, 0.4) is 0 Å². The molecule has 0 spiro atoms. The van der Waals surface area contributed by atoms with Gasteiger partial charge in [0.2, 0.25) is 0 Å². The van der Waals surface area contributed by atoms with Gasteiger partial charge in [0.15, 0.2) is 0 Å². The number of carbonyl (C=O) groups excluding carboxylic acids is 2. The van der Waals surface area contributed by atoms with E-state index < -0.39 is 0 Å². The number of imidazole rings is 1. The quantitative estimate of drug-likeness (QED) is 0.642. The van der Waals surface area contributed by atoms with Gasteiger partial charge >= 0.3 is 5.97 Å². The van der Waals surface area contributed by atoms with E-state index >= 15 is 0 Å². The summed E-state index contributed by atoms with van der Waals surface area (Å²) >= 11 is 5.88. The number of carbonyl (C=O) groups is 2. The number of halogens is 1. The van der Waals surface area contributed by atoms with Crippen molar-refractivity contribution in [2.24, 2.45) is 0 Å². The molecule has 134 valence electrons. The molecule has 0 aliphatic heterocycles. The number of aryl methyl sites for hydroxylation is 1. The highest BCUT2D eigenvalue weighted by molar-refractivity contribution is 6.30. The third-order valence-corrected chi connectivity index (χ3v) is 3.93. The molecule has 0 radical (unpaired) electrons. The van der Waals surface area contributed by atoms with Crippen molar-refractivity contribution in [3.8, 4) is 0 Å². The van der Waals surface area contributed by atoms with E-state index in [0.29, 0.717) is 30.3 Å². The summed E-state index contributed by atoms with van der Waals surface area (Å²) < 4.78 is 6.90. The maximum Gasteiger partial charge on any atom is 0.307 e. The summed E-state index contributed by atoms with van der Waals surface area (Å²) in [5.74, 6) is -0.419. The average Bonchev–Trinajstić information content (AvgIpc) is 3.11. The number of aromatic nitrogens is 2. The van der Waals surface area contributed by atoms with Crippen molar-refractivity contribution in [1.82, 2.24) is 14.5 Å².